The SMILES string of the molecule is COCC(C)(CN)NCCC1CC1. The molecule has 3 heteroatoms. The summed E-state index contributed by atoms with van der Waals surface area (Å²) in [6, 6.07) is 0. The Hall–Kier alpha value is -0.120. The lowest BCUT2D eigenvalue weighted by atomic mass is 10.0. The molecule has 0 radical (unpaired) electrons. The summed E-state index contributed by atoms with van der Waals surface area (Å²) in [5, 5.41) is 3.47. The Labute approximate surface area is 81.0 Å². The fourth-order valence-corrected chi connectivity index (χ4v) is 1.49. The van der Waals surface area contributed by atoms with E-state index in [-0.39, 0.29) is 5.54 Å². The first-order valence-corrected chi connectivity index (χ1v) is 5.14. The average Bonchev–Trinajstić information content (AvgIpc) is 2.89. The van der Waals surface area contributed by atoms with Crippen molar-refractivity contribution in [3.05, 3.63) is 0 Å². The minimum absolute atomic E-state index is 0.0381. The first kappa shape index (κ1) is 11.0. The zero-order valence-electron chi connectivity index (χ0n) is 8.81. The smallest absolute Gasteiger partial charge is 0.0654 e. The first-order chi connectivity index (χ1) is 6.20. The Morgan fingerprint density at radius 3 is 2.69 bits per heavy atom. The third kappa shape index (κ3) is 4.07. The van der Waals surface area contributed by atoms with Crippen molar-refractivity contribution in [2.24, 2.45) is 11.7 Å². The summed E-state index contributed by atoms with van der Waals surface area (Å²) >= 11 is 0. The molecule has 3 nitrogen and oxygen atoms in total. The van der Waals surface area contributed by atoms with Crippen molar-refractivity contribution in [1.82, 2.24) is 5.32 Å². The van der Waals surface area contributed by atoms with Crippen LogP contribution in [0.4, 0.5) is 0 Å². The number of ether oxygens (including phenoxy) is 1. The summed E-state index contributed by atoms with van der Waals surface area (Å²) in [4.78, 5) is 0. The number of methoxy groups -OCH3 is 1. The van der Waals surface area contributed by atoms with E-state index in [0.717, 1.165) is 12.5 Å². The largest absolute Gasteiger partial charge is 0.383 e. The van der Waals surface area contributed by atoms with Crippen molar-refractivity contribution in [2.75, 3.05) is 26.8 Å². The lowest BCUT2D eigenvalue weighted by molar-refractivity contribution is 0.122. The quantitative estimate of drug-likeness (QED) is 0.616. The van der Waals surface area contributed by atoms with Gasteiger partial charge in [-0.15, -0.1) is 0 Å². The highest BCUT2D eigenvalue weighted by atomic mass is 16.5. The molecule has 0 aromatic carbocycles. The van der Waals surface area contributed by atoms with Gasteiger partial charge in [0.25, 0.3) is 0 Å². The second-order valence-corrected chi connectivity index (χ2v) is 4.36. The van der Waals surface area contributed by atoms with Gasteiger partial charge in [0.15, 0.2) is 0 Å². The van der Waals surface area contributed by atoms with Crippen LogP contribution in [0.15, 0.2) is 0 Å². The molecule has 0 aromatic heterocycles. The fraction of sp³-hybridized carbons (Fsp3) is 1.00. The van der Waals surface area contributed by atoms with Crippen LogP contribution in [0.1, 0.15) is 26.2 Å². The lowest BCUT2D eigenvalue weighted by Crippen LogP contribution is -2.52. The van der Waals surface area contributed by atoms with Crippen LogP contribution in [0.3, 0.4) is 0 Å². The molecular formula is C10H22N2O. The summed E-state index contributed by atoms with van der Waals surface area (Å²) in [6.45, 7) is 4.50. The molecule has 1 rings (SSSR count). The molecule has 1 unspecified atom stereocenters. The normalized spacial score (nSPS) is 21.5. The molecule has 13 heavy (non-hydrogen) atoms. The average molecular weight is 186 g/mol. The molecule has 1 saturated carbocycles. The summed E-state index contributed by atoms with van der Waals surface area (Å²) < 4.78 is 5.13. The van der Waals surface area contributed by atoms with Gasteiger partial charge in [0.1, 0.15) is 0 Å². The number of nitrogens with one attached hydrogen (secondary N) is 1. The maximum Gasteiger partial charge on any atom is 0.0654 e. The van der Waals surface area contributed by atoms with Crippen LogP contribution in [0.5, 0.6) is 0 Å². The molecule has 0 bridgehead atoms. The molecule has 0 aromatic rings. The number of rotatable bonds is 7. The molecule has 0 saturated heterocycles. The van der Waals surface area contributed by atoms with Crippen LogP contribution in [-0.4, -0.2) is 32.3 Å². The van der Waals surface area contributed by atoms with Gasteiger partial charge in [-0.25, -0.2) is 0 Å². The zero-order chi connectivity index (χ0) is 9.73. The van der Waals surface area contributed by atoms with E-state index in [1.54, 1.807) is 7.11 Å². The monoisotopic (exact) mass is 186 g/mol. The van der Waals surface area contributed by atoms with E-state index in [1.807, 2.05) is 0 Å². The highest BCUT2D eigenvalue weighted by Crippen LogP contribution is 2.31. The summed E-state index contributed by atoms with van der Waals surface area (Å²) in [5.41, 5.74) is 5.65. The topological polar surface area (TPSA) is 47.3 Å². The van der Waals surface area contributed by atoms with Gasteiger partial charge in [0, 0.05) is 13.7 Å². The zero-order valence-corrected chi connectivity index (χ0v) is 8.81. The molecule has 0 amide bonds. The Balaban J connectivity index is 2.12. The molecule has 1 aliphatic rings. The van der Waals surface area contributed by atoms with Crippen LogP contribution in [-0.2, 0) is 4.74 Å². The van der Waals surface area contributed by atoms with Gasteiger partial charge < -0.3 is 15.8 Å². The Kier molecular flexibility index (Phi) is 4.16. The summed E-state index contributed by atoms with van der Waals surface area (Å²) in [5.74, 6) is 0.983. The predicted octanol–water partition coefficient (Wildman–Crippen LogP) is 0.740. The number of hydrogen-bond donors (Lipinski definition) is 2. The molecule has 0 heterocycles. The van der Waals surface area contributed by atoms with Gasteiger partial charge in [0.05, 0.1) is 12.1 Å². The van der Waals surface area contributed by atoms with E-state index in [0.29, 0.717) is 13.2 Å². The molecule has 0 spiro atoms. The van der Waals surface area contributed by atoms with Crippen LogP contribution in [0, 0.1) is 5.92 Å². The maximum absolute atomic E-state index is 5.68. The predicted molar refractivity (Wildman–Crippen MR) is 54.7 cm³/mol. The van der Waals surface area contributed by atoms with E-state index in [2.05, 4.69) is 12.2 Å². The minimum atomic E-state index is -0.0381. The van der Waals surface area contributed by atoms with Gasteiger partial charge in [-0.3, -0.25) is 0 Å². The van der Waals surface area contributed by atoms with Crippen LogP contribution in [0.25, 0.3) is 0 Å². The van der Waals surface area contributed by atoms with E-state index < -0.39 is 0 Å². The van der Waals surface area contributed by atoms with Gasteiger partial charge in [0.2, 0.25) is 0 Å². The van der Waals surface area contributed by atoms with E-state index >= 15 is 0 Å². The highest BCUT2D eigenvalue weighted by Gasteiger charge is 2.24. The number of hydrogen-bond acceptors (Lipinski definition) is 3. The fourth-order valence-electron chi connectivity index (χ4n) is 1.49. The first-order valence-electron chi connectivity index (χ1n) is 5.14. The van der Waals surface area contributed by atoms with Gasteiger partial charge in [-0.1, -0.05) is 12.8 Å². The lowest BCUT2D eigenvalue weighted by Gasteiger charge is -2.28. The van der Waals surface area contributed by atoms with Crippen molar-refractivity contribution in [3.63, 3.8) is 0 Å². The van der Waals surface area contributed by atoms with Gasteiger partial charge in [-0.05, 0) is 25.8 Å². The molecular weight excluding hydrogens is 164 g/mol. The third-order valence-electron chi connectivity index (χ3n) is 2.71. The van der Waals surface area contributed by atoms with Crippen molar-refractivity contribution < 1.29 is 4.74 Å². The van der Waals surface area contributed by atoms with Crippen molar-refractivity contribution in [2.45, 2.75) is 31.7 Å². The van der Waals surface area contributed by atoms with Crippen molar-refractivity contribution in [3.8, 4) is 0 Å². The Morgan fingerprint density at radius 1 is 1.54 bits per heavy atom. The molecule has 3 N–H and O–H groups in total. The molecule has 0 aliphatic heterocycles. The standard InChI is InChI=1S/C10H22N2O/c1-10(7-11,8-13-2)12-6-5-9-3-4-9/h9,12H,3-8,11H2,1-2H3. The summed E-state index contributed by atoms with van der Waals surface area (Å²) in [7, 11) is 1.72. The second-order valence-electron chi connectivity index (χ2n) is 4.36. The van der Waals surface area contributed by atoms with E-state index in [4.69, 9.17) is 10.5 Å². The maximum atomic E-state index is 5.68. The number of nitrogens with two attached hydrogens (primary N) is 1. The summed E-state index contributed by atoms with van der Waals surface area (Å²) in [6.07, 6.45) is 4.13. The van der Waals surface area contributed by atoms with Crippen molar-refractivity contribution >= 4 is 0 Å². The Morgan fingerprint density at radius 2 is 2.23 bits per heavy atom. The van der Waals surface area contributed by atoms with Crippen LogP contribution < -0.4 is 11.1 Å². The highest BCUT2D eigenvalue weighted by molar-refractivity contribution is 4.85. The van der Waals surface area contributed by atoms with Crippen molar-refractivity contribution in [1.29, 1.82) is 0 Å². The molecule has 1 aliphatic carbocycles. The van der Waals surface area contributed by atoms with Crippen LogP contribution >= 0.6 is 0 Å². The van der Waals surface area contributed by atoms with Gasteiger partial charge in [-0.2, -0.15) is 0 Å². The van der Waals surface area contributed by atoms with E-state index in [9.17, 15) is 0 Å². The van der Waals surface area contributed by atoms with Gasteiger partial charge >= 0.3 is 0 Å². The molecule has 1 fully saturated rings. The second kappa shape index (κ2) is 4.94. The molecule has 1 atom stereocenters. The Bertz CT molecular complexity index is 148. The minimum Gasteiger partial charge on any atom is -0.383 e. The van der Waals surface area contributed by atoms with Crippen LogP contribution in [0.2, 0.25) is 0 Å². The molecule has 78 valence electrons. The third-order valence-corrected chi connectivity index (χ3v) is 2.71. The van der Waals surface area contributed by atoms with E-state index in [1.165, 1.54) is 19.3 Å².